The summed E-state index contributed by atoms with van der Waals surface area (Å²) in [6, 6.07) is 7.91. The molecular weight excluding hydrogens is 365 g/mol. The van der Waals surface area contributed by atoms with Gasteiger partial charge in [0, 0.05) is 48.5 Å². The lowest BCUT2D eigenvalue weighted by atomic mass is 10.2. The van der Waals surface area contributed by atoms with Crippen LogP contribution in [0.15, 0.2) is 24.3 Å². The van der Waals surface area contributed by atoms with Crippen LogP contribution in [-0.2, 0) is 4.79 Å². The number of nitrogens with zero attached hydrogens (tertiary/aromatic N) is 2. The number of nitrogens with one attached hydrogen (secondary N) is 1. The summed E-state index contributed by atoms with van der Waals surface area (Å²) in [5.74, 6) is 2.04. The first-order valence-electron chi connectivity index (χ1n) is 6.84. The van der Waals surface area contributed by atoms with Crippen LogP contribution in [0.25, 0.3) is 0 Å². The fraction of sp³-hybridized carbons (Fsp3) is 0.500. The zero-order valence-corrected chi connectivity index (χ0v) is 15.2. The summed E-state index contributed by atoms with van der Waals surface area (Å²) < 4.78 is 0. The molecule has 124 valence electrons. The SMILES string of the molecule is Cl.Cl.O=C(C1CSCN1)N1CCN(c2ccc(Cl)cc2)CC1. The molecule has 2 aliphatic rings. The number of thioether (sulfide) groups is 1. The van der Waals surface area contributed by atoms with Crippen LogP contribution in [0.4, 0.5) is 5.69 Å². The van der Waals surface area contributed by atoms with E-state index in [1.165, 1.54) is 5.69 Å². The highest BCUT2D eigenvalue weighted by atomic mass is 35.5. The predicted octanol–water partition coefficient (Wildman–Crippen LogP) is 2.49. The second-order valence-electron chi connectivity index (χ2n) is 5.06. The highest BCUT2D eigenvalue weighted by molar-refractivity contribution is 7.99. The lowest BCUT2D eigenvalue weighted by Gasteiger charge is -2.37. The van der Waals surface area contributed by atoms with E-state index in [2.05, 4.69) is 10.2 Å². The number of hydrogen-bond acceptors (Lipinski definition) is 4. The van der Waals surface area contributed by atoms with Gasteiger partial charge in [-0.3, -0.25) is 10.1 Å². The van der Waals surface area contributed by atoms with Gasteiger partial charge in [0.2, 0.25) is 5.91 Å². The molecule has 1 aromatic carbocycles. The van der Waals surface area contributed by atoms with Gasteiger partial charge in [-0.15, -0.1) is 36.6 Å². The first-order valence-corrected chi connectivity index (χ1v) is 8.38. The summed E-state index contributed by atoms with van der Waals surface area (Å²) in [5.41, 5.74) is 1.18. The molecule has 2 heterocycles. The van der Waals surface area contributed by atoms with E-state index in [1.54, 1.807) is 11.8 Å². The summed E-state index contributed by atoms with van der Waals surface area (Å²) in [6.45, 7) is 3.36. The van der Waals surface area contributed by atoms with Crippen molar-refractivity contribution < 1.29 is 4.79 Å². The van der Waals surface area contributed by atoms with Gasteiger partial charge < -0.3 is 9.80 Å². The quantitative estimate of drug-likeness (QED) is 0.850. The number of piperazine rings is 1. The van der Waals surface area contributed by atoms with Crippen LogP contribution in [0.2, 0.25) is 5.02 Å². The molecule has 2 saturated heterocycles. The topological polar surface area (TPSA) is 35.6 Å². The Bertz CT molecular complexity index is 475. The molecule has 1 atom stereocenters. The van der Waals surface area contributed by atoms with Crippen LogP contribution in [0, 0.1) is 0 Å². The van der Waals surface area contributed by atoms with Crippen molar-refractivity contribution >= 4 is 59.8 Å². The van der Waals surface area contributed by atoms with Crippen LogP contribution in [0.3, 0.4) is 0 Å². The van der Waals surface area contributed by atoms with Gasteiger partial charge in [-0.05, 0) is 24.3 Å². The normalized spacial score (nSPS) is 21.0. The minimum absolute atomic E-state index is 0. The summed E-state index contributed by atoms with van der Waals surface area (Å²) in [5, 5.41) is 4.00. The Labute approximate surface area is 152 Å². The number of benzene rings is 1. The number of halogens is 3. The Hall–Kier alpha value is -0.330. The summed E-state index contributed by atoms with van der Waals surface area (Å²) >= 11 is 7.70. The van der Waals surface area contributed by atoms with Gasteiger partial charge in [0.15, 0.2) is 0 Å². The molecule has 0 aliphatic carbocycles. The first kappa shape index (κ1) is 19.7. The molecule has 0 bridgehead atoms. The third-order valence-corrected chi connectivity index (χ3v) is 4.99. The molecule has 3 rings (SSSR count). The van der Waals surface area contributed by atoms with E-state index < -0.39 is 0 Å². The third-order valence-electron chi connectivity index (χ3n) is 3.80. The Morgan fingerprint density at radius 2 is 1.77 bits per heavy atom. The Kier molecular flexibility index (Phi) is 8.14. The van der Waals surface area contributed by atoms with Crippen LogP contribution in [0.5, 0.6) is 0 Å². The fourth-order valence-corrected chi connectivity index (χ4v) is 3.67. The van der Waals surface area contributed by atoms with Crippen LogP contribution in [0.1, 0.15) is 0 Å². The van der Waals surface area contributed by atoms with Crippen LogP contribution < -0.4 is 10.2 Å². The minimum atomic E-state index is 0. The van der Waals surface area contributed by atoms with Gasteiger partial charge >= 0.3 is 0 Å². The smallest absolute Gasteiger partial charge is 0.240 e. The molecule has 0 radical (unpaired) electrons. The van der Waals surface area contributed by atoms with Gasteiger partial charge in [0.05, 0.1) is 6.04 Å². The highest BCUT2D eigenvalue weighted by Crippen LogP contribution is 2.20. The van der Waals surface area contributed by atoms with Crippen molar-refractivity contribution in [1.29, 1.82) is 0 Å². The van der Waals surface area contributed by atoms with Crippen molar-refractivity contribution in [3.05, 3.63) is 29.3 Å². The maximum absolute atomic E-state index is 12.3. The van der Waals surface area contributed by atoms with E-state index in [-0.39, 0.29) is 36.8 Å². The van der Waals surface area contributed by atoms with Crippen LogP contribution >= 0.6 is 48.2 Å². The number of rotatable bonds is 2. The molecule has 1 aromatic rings. The molecule has 1 unspecified atom stereocenters. The summed E-state index contributed by atoms with van der Waals surface area (Å²) in [7, 11) is 0. The molecular formula is C14H20Cl3N3OS. The fourth-order valence-electron chi connectivity index (χ4n) is 2.61. The van der Waals surface area contributed by atoms with Gasteiger partial charge in [-0.1, -0.05) is 11.6 Å². The van der Waals surface area contributed by atoms with E-state index in [4.69, 9.17) is 11.6 Å². The predicted molar refractivity (Wildman–Crippen MR) is 99.0 cm³/mol. The van der Waals surface area contributed by atoms with E-state index in [0.717, 1.165) is 42.8 Å². The lowest BCUT2D eigenvalue weighted by molar-refractivity contribution is -0.132. The zero-order valence-electron chi connectivity index (χ0n) is 12.0. The third kappa shape index (κ3) is 4.59. The first-order chi connectivity index (χ1) is 9.74. The number of carbonyl (C=O) groups excluding carboxylic acids is 1. The molecule has 0 saturated carbocycles. The van der Waals surface area contributed by atoms with Crippen molar-refractivity contribution in [1.82, 2.24) is 10.2 Å². The second kappa shape index (κ2) is 9.08. The average molecular weight is 385 g/mol. The Balaban J connectivity index is 0.00000121. The van der Waals surface area contributed by atoms with Crippen molar-refractivity contribution in [3.63, 3.8) is 0 Å². The van der Waals surface area contributed by atoms with Crippen molar-refractivity contribution in [2.24, 2.45) is 0 Å². The second-order valence-corrected chi connectivity index (χ2v) is 6.53. The average Bonchev–Trinajstić information content (AvgIpc) is 3.02. The van der Waals surface area contributed by atoms with Crippen molar-refractivity contribution in [2.45, 2.75) is 6.04 Å². The largest absolute Gasteiger partial charge is 0.368 e. The molecule has 1 N–H and O–H groups in total. The van der Waals surface area contributed by atoms with Crippen molar-refractivity contribution in [3.8, 4) is 0 Å². The summed E-state index contributed by atoms with van der Waals surface area (Å²) in [4.78, 5) is 16.6. The number of anilines is 1. The van der Waals surface area contributed by atoms with Gasteiger partial charge in [-0.2, -0.15) is 0 Å². The van der Waals surface area contributed by atoms with Gasteiger partial charge in [0.25, 0.3) is 0 Å². The van der Waals surface area contributed by atoms with E-state index in [0.29, 0.717) is 0 Å². The monoisotopic (exact) mass is 383 g/mol. The molecule has 0 spiro atoms. The zero-order chi connectivity index (χ0) is 13.9. The number of hydrogen-bond donors (Lipinski definition) is 1. The summed E-state index contributed by atoms with van der Waals surface area (Å²) in [6.07, 6.45) is 0. The van der Waals surface area contributed by atoms with E-state index in [9.17, 15) is 4.79 Å². The Morgan fingerprint density at radius 1 is 1.14 bits per heavy atom. The maximum Gasteiger partial charge on any atom is 0.240 e. The maximum atomic E-state index is 12.3. The highest BCUT2D eigenvalue weighted by Gasteiger charge is 2.29. The van der Waals surface area contributed by atoms with Gasteiger partial charge in [0.1, 0.15) is 0 Å². The van der Waals surface area contributed by atoms with Gasteiger partial charge in [-0.25, -0.2) is 0 Å². The lowest BCUT2D eigenvalue weighted by Crippen LogP contribution is -2.53. The molecule has 2 aliphatic heterocycles. The molecule has 4 nitrogen and oxygen atoms in total. The molecule has 8 heteroatoms. The molecule has 1 amide bonds. The van der Waals surface area contributed by atoms with E-state index >= 15 is 0 Å². The standard InChI is InChI=1S/C14H18ClN3OS.2ClH/c15-11-1-3-12(4-2-11)17-5-7-18(8-6-17)14(19)13-9-20-10-16-13;;/h1-4,13,16H,5-10H2;2*1H. The Morgan fingerprint density at radius 3 is 2.32 bits per heavy atom. The van der Waals surface area contributed by atoms with E-state index in [1.807, 2.05) is 29.2 Å². The molecule has 22 heavy (non-hydrogen) atoms. The molecule has 2 fully saturated rings. The van der Waals surface area contributed by atoms with Crippen LogP contribution in [-0.4, -0.2) is 54.7 Å². The number of amides is 1. The van der Waals surface area contributed by atoms with Crippen molar-refractivity contribution in [2.75, 3.05) is 42.7 Å². The molecule has 0 aromatic heterocycles. The minimum Gasteiger partial charge on any atom is -0.368 e. The number of carbonyl (C=O) groups is 1.